The van der Waals surface area contributed by atoms with Gasteiger partial charge in [0.2, 0.25) is 5.95 Å². The van der Waals surface area contributed by atoms with Gasteiger partial charge in [0, 0.05) is 37.9 Å². The van der Waals surface area contributed by atoms with Crippen LogP contribution in [0.5, 0.6) is 0 Å². The van der Waals surface area contributed by atoms with Crippen LogP contribution in [0.4, 0.5) is 5.95 Å². The summed E-state index contributed by atoms with van der Waals surface area (Å²) in [4.78, 5) is 10.8. The van der Waals surface area contributed by atoms with Crippen LogP contribution in [-0.2, 0) is 10.1 Å². The lowest BCUT2D eigenvalue weighted by Crippen LogP contribution is -2.34. The summed E-state index contributed by atoms with van der Waals surface area (Å²) >= 11 is 3.39. The van der Waals surface area contributed by atoms with E-state index in [1.807, 2.05) is 19.4 Å². The molecule has 4 nitrogen and oxygen atoms in total. The monoisotopic (exact) mass is 299 g/mol. The summed E-state index contributed by atoms with van der Waals surface area (Å²) in [5.74, 6) is 0.767. The van der Waals surface area contributed by atoms with Crippen LogP contribution in [0.1, 0.15) is 24.8 Å². The Balaban J connectivity index is 1.91. The quantitative estimate of drug-likeness (QED) is 0.800. The number of hydrogen-bond donors (Lipinski definition) is 0. The lowest BCUT2D eigenvalue weighted by atomic mass is 10.1. The van der Waals surface area contributed by atoms with Crippen molar-refractivity contribution in [2.45, 2.75) is 30.7 Å². The smallest absolute Gasteiger partial charge is 0.225 e. The van der Waals surface area contributed by atoms with Gasteiger partial charge in [0.25, 0.3) is 0 Å². The highest BCUT2D eigenvalue weighted by molar-refractivity contribution is 9.08. The molecule has 0 N–H and O–H groups in total. The van der Waals surface area contributed by atoms with E-state index in [9.17, 15) is 0 Å². The SMILES string of the molecule is CN(CC1CCCCO1)c1ncc(CBr)cn1. The second-order valence-corrected chi connectivity index (χ2v) is 4.95. The first kappa shape index (κ1) is 12.8. The first-order valence-corrected chi connectivity index (χ1v) is 7.11. The van der Waals surface area contributed by atoms with E-state index < -0.39 is 0 Å². The predicted molar refractivity (Wildman–Crippen MR) is 71.5 cm³/mol. The topological polar surface area (TPSA) is 38.2 Å². The van der Waals surface area contributed by atoms with Crippen LogP contribution in [0.3, 0.4) is 0 Å². The molecule has 0 radical (unpaired) electrons. The number of alkyl halides is 1. The number of anilines is 1. The average molecular weight is 300 g/mol. The molecule has 17 heavy (non-hydrogen) atoms. The molecule has 94 valence electrons. The number of aromatic nitrogens is 2. The third-order valence-electron chi connectivity index (χ3n) is 2.94. The number of rotatable bonds is 4. The van der Waals surface area contributed by atoms with E-state index in [2.05, 4.69) is 30.8 Å². The molecule has 2 rings (SSSR count). The fourth-order valence-corrected chi connectivity index (χ4v) is 2.24. The Bertz CT molecular complexity index is 338. The van der Waals surface area contributed by atoms with Gasteiger partial charge in [-0.05, 0) is 24.8 Å². The summed E-state index contributed by atoms with van der Waals surface area (Å²) in [7, 11) is 2.01. The molecule has 0 aromatic carbocycles. The van der Waals surface area contributed by atoms with Gasteiger partial charge in [-0.15, -0.1) is 0 Å². The fourth-order valence-electron chi connectivity index (χ4n) is 1.95. The van der Waals surface area contributed by atoms with Crippen LogP contribution in [0, 0.1) is 0 Å². The van der Waals surface area contributed by atoms with Gasteiger partial charge in [-0.1, -0.05) is 15.9 Å². The summed E-state index contributed by atoms with van der Waals surface area (Å²) in [6, 6.07) is 0. The number of likely N-dealkylation sites (N-methyl/N-ethyl adjacent to an activating group) is 1. The molecule has 0 bridgehead atoms. The molecule has 1 aliphatic heterocycles. The van der Waals surface area contributed by atoms with E-state index in [0.717, 1.165) is 36.4 Å². The van der Waals surface area contributed by atoms with E-state index in [1.54, 1.807) is 0 Å². The molecule has 2 heterocycles. The average Bonchev–Trinajstić information content (AvgIpc) is 2.40. The first-order chi connectivity index (χ1) is 8.29. The van der Waals surface area contributed by atoms with E-state index in [0.29, 0.717) is 6.10 Å². The van der Waals surface area contributed by atoms with Crippen molar-refractivity contribution in [2.24, 2.45) is 0 Å². The maximum absolute atomic E-state index is 5.71. The van der Waals surface area contributed by atoms with Crippen LogP contribution >= 0.6 is 15.9 Å². The third kappa shape index (κ3) is 3.64. The van der Waals surface area contributed by atoms with E-state index >= 15 is 0 Å². The van der Waals surface area contributed by atoms with Gasteiger partial charge < -0.3 is 9.64 Å². The normalized spacial score (nSPS) is 20.2. The minimum absolute atomic E-state index is 0.327. The Morgan fingerprint density at radius 3 is 2.76 bits per heavy atom. The van der Waals surface area contributed by atoms with E-state index in [1.165, 1.54) is 12.8 Å². The van der Waals surface area contributed by atoms with Crippen LogP contribution in [0.2, 0.25) is 0 Å². The molecule has 0 aliphatic carbocycles. The number of hydrogen-bond acceptors (Lipinski definition) is 4. The van der Waals surface area contributed by atoms with E-state index in [4.69, 9.17) is 4.74 Å². The molecule has 1 unspecified atom stereocenters. The second kappa shape index (κ2) is 6.31. The number of halogens is 1. The molecular formula is C12H18BrN3O. The van der Waals surface area contributed by atoms with Crippen molar-refractivity contribution < 1.29 is 4.74 Å². The number of nitrogens with zero attached hydrogens (tertiary/aromatic N) is 3. The lowest BCUT2D eigenvalue weighted by molar-refractivity contribution is 0.0214. The van der Waals surface area contributed by atoms with Crippen molar-refractivity contribution >= 4 is 21.9 Å². The van der Waals surface area contributed by atoms with Gasteiger partial charge in [0.05, 0.1) is 6.10 Å². The van der Waals surface area contributed by atoms with Gasteiger partial charge in [-0.25, -0.2) is 9.97 Å². The molecule has 1 atom stereocenters. The third-order valence-corrected chi connectivity index (χ3v) is 3.59. The highest BCUT2D eigenvalue weighted by Gasteiger charge is 2.17. The number of ether oxygens (including phenoxy) is 1. The molecule has 1 aliphatic rings. The summed E-state index contributed by atoms with van der Waals surface area (Å²) in [6.07, 6.45) is 7.64. The molecular weight excluding hydrogens is 282 g/mol. The predicted octanol–water partition coefficient (Wildman–Crippen LogP) is 2.38. The van der Waals surface area contributed by atoms with Gasteiger partial charge in [0.1, 0.15) is 0 Å². The maximum atomic E-state index is 5.71. The standard InChI is InChI=1S/C12H18BrN3O/c1-16(9-11-4-2-3-5-17-11)12-14-7-10(6-13)8-15-12/h7-8,11H,2-6,9H2,1H3. The van der Waals surface area contributed by atoms with Crippen LogP contribution in [0.15, 0.2) is 12.4 Å². The molecule has 1 aromatic rings. The zero-order valence-corrected chi connectivity index (χ0v) is 11.7. The van der Waals surface area contributed by atoms with Crippen LogP contribution in [0.25, 0.3) is 0 Å². The largest absolute Gasteiger partial charge is 0.376 e. The zero-order chi connectivity index (χ0) is 12.1. The van der Waals surface area contributed by atoms with Gasteiger partial charge in [-0.2, -0.15) is 0 Å². The highest BCUT2D eigenvalue weighted by atomic mass is 79.9. The zero-order valence-electron chi connectivity index (χ0n) is 10.1. The summed E-state index contributed by atoms with van der Waals surface area (Å²) in [6.45, 7) is 1.76. The molecule has 1 fully saturated rings. The van der Waals surface area contributed by atoms with Crippen molar-refractivity contribution in [3.05, 3.63) is 18.0 Å². The van der Waals surface area contributed by atoms with Crippen molar-refractivity contribution in [1.29, 1.82) is 0 Å². The van der Waals surface area contributed by atoms with Crippen molar-refractivity contribution in [2.75, 3.05) is 25.1 Å². The Morgan fingerprint density at radius 2 is 2.18 bits per heavy atom. The lowest BCUT2D eigenvalue weighted by Gasteiger charge is -2.27. The van der Waals surface area contributed by atoms with Gasteiger partial charge in [0.15, 0.2) is 0 Å². The Kier molecular flexibility index (Phi) is 4.74. The first-order valence-electron chi connectivity index (χ1n) is 5.99. The van der Waals surface area contributed by atoms with Crippen molar-refractivity contribution in [1.82, 2.24) is 9.97 Å². The maximum Gasteiger partial charge on any atom is 0.225 e. The van der Waals surface area contributed by atoms with E-state index in [-0.39, 0.29) is 0 Å². The van der Waals surface area contributed by atoms with Gasteiger partial charge in [-0.3, -0.25) is 0 Å². The summed E-state index contributed by atoms with van der Waals surface area (Å²) in [5.41, 5.74) is 1.09. The summed E-state index contributed by atoms with van der Waals surface area (Å²) in [5, 5.41) is 0.794. The van der Waals surface area contributed by atoms with Crippen molar-refractivity contribution in [3.63, 3.8) is 0 Å². The minimum atomic E-state index is 0.327. The molecule has 0 spiro atoms. The highest BCUT2D eigenvalue weighted by Crippen LogP contribution is 2.15. The Hall–Kier alpha value is -0.680. The van der Waals surface area contributed by atoms with Crippen LogP contribution in [-0.4, -0.2) is 36.3 Å². The van der Waals surface area contributed by atoms with Crippen molar-refractivity contribution in [3.8, 4) is 0 Å². The molecule has 0 amide bonds. The molecule has 0 saturated carbocycles. The second-order valence-electron chi connectivity index (χ2n) is 4.39. The summed E-state index contributed by atoms with van der Waals surface area (Å²) < 4.78 is 5.71. The minimum Gasteiger partial charge on any atom is -0.376 e. The molecule has 1 aromatic heterocycles. The van der Waals surface area contributed by atoms with Gasteiger partial charge >= 0.3 is 0 Å². The Labute approximate surface area is 111 Å². The fraction of sp³-hybridized carbons (Fsp3) is 0.667. The molecule has 5 heteroatoms. The molecule has 1 saturated heterocycles. The van der Waals surface area contributed by atoms with Crippen LogP contribution < -0.4 is 4.90 Å². The Morgan fingerprint density at radius 1 is 1.41 bits per heavy atom.